The summed E-state index contributed by atoms with van der Waals surface area (Å²) in [5, 5.41) is 8.58. The van der Waals surface area contributed by atoms with Crippen LogP contribution in [-0.2, 0) is 12.3 Å². The lowest BCUT2D eigenvalue weighted by Gasteiger charge is -2.11. The zero-order chi connectivity index (χ0) is 22.1. The number of hydrogen-bond acceptors (Lipinski definition) is 7. The molecule has 8 heteroatoms. The van der Waals surface area contributed by atoms with Crippen LogP contribution in [0.4, 0.5) is 0 Å². The third-order valence-corrected chi connectivity index (χ3v) is 7.13. The Morgan fingerprint density at radius 1 is 1.03 bits per heavy atom. The van der Waals surface area contributed by atoms with E-state index in [2.05, 4.69) is 41.4 Å². The standard InChI is InChI=1S/C24H20N4O2S2/c1-15-8-10-18(11-9-15)20-12-19-22(32-20)23(29)28(13-17-6-4-3-5-7-17)24(25-19)31-14-21-27-26-16(2)30-21/h3-12H,13-14H2,1-2H3. The Hall–Kier alpha value is -3.23. The summed E-state index contributed by atoms with van der Waals surface area (Å²) in [4.78, 5) is 19.4. The maximum absolute atomic E-state index is 13.5. The summed E-state index contributed by atoms with van der Waals surface area (Å²) >= 11 is 2.92. The molecule has 0 amide bonds. The van der Waals surface area contributed by atoms with E-state index in [0.29, 0.717) is 39.5 Å². The Bertz CT molecular complexity index is 1440. The monoisotopic (exact) mass is 460 g/mol. The van der Waals surface area contributed by atoms with E-state index in [1.165, 1.54) is 28.7 Å². The van der Waals surface area contributed by atoms with Crippen molar-refractivity contribution < 1.29 is 4.42 Å². The van der Waals surface area contributed by atoms with Gasteiger partial charge in [-0.15, -0.1) is 21.5 Å². The van der Waals surface area contributed by atoms with Gasteiger partial charge in [0.1, 0.15) is 4.70 Å². The Morgan fingerprint density at radius 2 is 1.81 bits per heavy atom. The van der Waals surface area contributed by atoms with E-state index in [1.807, 2.05) is 36.4 Å². The van der Waals surface area contributed by atoms with Crippen molar-refractivity contribution in [2.45, 2.75) is 31.3 Å². The number of nitrogens with zero attached hydrogens (tertiary/aromatic N) is 4. The minimum atomic E-state index is -0.0357. The molecule has 5 aromatic rings. The molecule has 0 saturated heterocycles. The predicted molar refractivity (Wildman–Crippen MR) is 128 cm³/mol. The topological polar surface area (TPSA) is 73.8 Å². The number of fused-ring (bicyclic) bond motifs is 1. The Labute approximate surface area is 193 Å². The molecule has 0 N–H and O–H groups in total. The molecule has 0 fully saturated rings. The normalized spacial score (nSPS) is 11.3. The first kappa shape index (κ1) is 20.7. The first-order valence-corrected chi connectivity index (χ1v) is 11.9. The van der Waals surface area contributed by atoms with Crippen molar-refractivity contribution in [3.05, 3.63) is 93.9 Å². The van der Waals surface area contributed by atoms with Gasteiger partial charge < -0.3 is 4.42 Å². The molecule has 0 radical (unpaired) electrons. The fourth-order valence-electron chi connectivity index (χ4n) is 3.39. The summed E-state index contributed by atoms with van der Waals surface area (Å²) in [7, 11) is 0. The molecule has 0 aliphatic carbocycles. The highest BCUT2D eigenvalue weighted by Gasteiger charge is 2.17. The molecule has 160 valence electrons. The van der Waals surface area contributed by atoms with Gasteiger partial charge in [0.25, 0.3) is 5.56 Å². The summed E-state index contributed by atoms with van der Waals surface area (Å²) in [6, 6.07) is 20.3. The maximum atomic E-state index is 13.5. The number of thiophene rings is 1. The molecule has 0 atom stereocenters. The van der Waals surface area contributed by atoms with Crippen LogP contribution in [0.25, 0.3) is 20.7 Å². The molecule has 0 spiro atoms. The van der Waals surface area contributed by atoms with Gasteiger partial charge in [0, 0.05) is 11.8 Å². The van der Waals surface area contributed by atoms with Crippen molar-refractivity contribution in [3.8, 4) is 10.4 Å². The molecule has 5 rings (SSSR count). The van der Waals surface area contributed by atoms with Gasteiger partial charge in [0.05, 0.1) is 17.8 Å². The fourth-order valence-corrected chi connectivity index (χ4v) is 5.27. The summed E-state index contributed by atoms with van der Waals surface area (Å²) < 4.78 is 7.90. The number of hydrogen-bond donors (Lipinski definition) is 0. The number of thioether (sulfide) groups is 1. The average Bonchev–Trinajstić information content (AvgIpc) is 3.42. The minimum Gasteiger partial charge on any atom is -0.425 e. The van der Waals surface area contributed by atoms with Crippen molar-refractivity contribution in [1.29, 1.82) is 0 Å². The molecular formula is C24H20N4O2S2. The second kappa shape index (κ2) is 8.72. The molecule has 2 aromatic carbocycles. The minimum absolute atomic E-state index is 0.0357. The van der Waals surface area contributed by atoms with E-state index in [4.69, 9.17) is 9.40 Å². The van der Waals surface area contributed by atoms with Gasteiger partial charge in [-0.3, -0.25) is 9.36 Å². The molecule has 0 saturated carbocycles. The summed E-state index contributed by atoms with van der Waals surface area (Å²) in [5.41, 5.74) is 4.01. The second-order valence-electron chi connectivity index (χ2n) is 7.47. The third-order valence-electron chi connectivity index (χ3n) is 5.01. The van der Waals surface area contributed by atoms with Crippen LogP contribution in [-0.4, -0.2) is 19.7 Å². The largest absolute Gasteiger partial charge is 0.425 e. The SMILES string of the molecule is Cc1ccc(-c2cc3nc(SCc4nnc(C)o4)n(Cc4ccccc4)c(=O)c3s2)cc1. The van der Waals surface area contributed by atoms with Crippen LogP contribution >= 0.6 is 23.1 Å². The van der Waals surface area contributed by atoms with E-state index >= 15 is 0 Å². The van der Waals surface area contributed by atoms with Crippen LogP contribution in [0, 0.1) is 13.8 Å². The van der Waals surface area contributed by atoms with Crippen LogP contribution in [0.15, 0.2) is 75.0 Å². The lowest BCUT2D eigenvalue weighted by molar-refractivity contribution is 0.485. The summed E-state index contributed by atoms with van der Waals surface area (Å²) in [6.07, 6.45) is 0. The smallest absolute Gasteiger partial charge is 0.272 e. The molecular weight excluding hydrogens is 440 g/mol. The maximum Gasteiger partial charge on any atom is 0.272 e. The van der Waals surface area contributed by atoms with Crippen LogP contribution in [0.5, 0.6) is 0 Å². The van der Waals surface area contributed by atoms with E-state index in [0.717, 1.165) is 16.0 Å². The Kier molecular flexibility index (Phi) is 5.63. The van der Waals surface area contributed by atoms with E-state index in [-0.39, 0.29) is 5.56 Å². The van der Waals surface area contributed by atoms with Crippen molar-refractivity contribution in [2.75, 3.05) is 0 Å². The highest BCUT2D eigenvalue weighted by Crippen LogP contribution is 2.32. The van der Waals surface area contributed by atoms with Crippen LogP contribution < -0.4 is 5.56 Å². The van der Waals surface area contributed by atoms with Gasteiger partial charge in [-0.05, 0) is 24.1 Å². The van der Waals surface area contributed by atoms with Gasteiger partial charge in [-0.2, -0.15) is 0 Å². The number of rotatable bonds is 6. The van der Waals surface area contributed by atoms with Crippen molar-refractivity contribution in [3.63, 3.8) is 0 Å². The molecule has 0 aliphatic heterocycles. The van der Waals surface area contributed by atoms with Gasteiger partial charge in [-0.1, -0.05) is 71.9 Å². The molecule has 0 aliphatic rings. The van der Waals surface area contributed by atoms with Crippen molar-refractivity contribution in [2.24, 2.45) is 0 Å². The quantitative estimate of drug-likeness (QED) is 0.247. The molecule has 0 unspecified atom stereocenters. The van der Waals surface area contributed by atoms with Crippen LogP contribution in [0.3, 0.4) is 0 Å². The predicted octanol–water partition coefficient (Wildman–Crippen LogP) is 5.47. The van der Waals surface area contributed by atoms with E-state index in [9.17, 15) is 4.79 Å². The van der Waals surface area contributed by atoms with Gasteiger partial charge in [0.15, 0.2) is 5.16 Å². The highest BCUT2D eigenvalue weighted by atomic mass is 32.2. The van der Waals surface area contributed by atoms with Crippen LogP contribution in [0.2, 0.25) is 0 Å². The number of benzene rings is 2. The lowest BCUT2D eigenvalue weighted by Crippen LogP contribution is -2.23. The molecule has 0 bridgehead atoms. The van der Waals surface area contributed by atoms with Gasteiger partial charge in [0.2, 0.25) is 11.8 Å². The first-order chi connectivity index (χ1) is 15.6. The Morgan fingerprint density at radius 3 is 2.53 bits per heavy atom. The van der Waals surface area contributed by atoms with Crippen molar-refractivity contribution in [1.82, 2.24) is 19.7 Å². The molecule has 3 heterocycles. The zero-order valence-electron chi connectivity index (χ0n) is 17.6. The van der Waals surface area contributed by atoms with E-state index < -0.39 is 0 Å². The zero-order valence-corrected chi connectivity index (χ0v) is 19.2. The lowest BCUT2D eigenvalue weighted by atomic mass is 10.1. The third kappa shape index (κ3) is 4.24. The van der Waals surface area contributed by atoms with Crippen molar-refractivity contribution >= 4 is 33.3 Å². The highest BCUT2D eigenvalue weighted by molar-refractivity contribution is 7.98. The van der Waals surface area contributed by atoms with Gasteiger partial charge >= 0.3 is 0 Å². The molecule has 3 aromatic heterocycles. The van der Waals surface area contributed by atoms with Crippen LogP contribution in [0.1, 0.15) is 22.9 Å². The fraction of sp³-hybridized carbons (Fsp3) is 0.167. The molecule has 6 nitrogen and oxygen atoms in total. The number of aromatic nitrogens is 4. The van der Waals surface area contributed by atoms with E-state index in [1.54, 1.807) is 11.5 Å². The average molecular weight is 461 g/mol. The summed E-state index contributed by atoms with van der Waals surface area (Å²) in [6.45, 7) is 4.27. The molecule has 32 heavy (non-hydrogen) atoms. The number of aryl methyl sites for hydroxylation is 2. The summed E-state index contributed by atoms with van der Waals surface area (Å²) in [5.74, 6) is 1.48. The van der Waals surface area contributed by atoms with Gasteiger partial charge in [-0.25, -0.2) is 4.98 Å². The Balaban J connectivity index is 1.58. The second-order valence-corrected chi connectivity index (χ2v) is 9.46. The first-order valence-electron chi connectivity index (χ1n) is 10.1.